The molecule has 0 N–H and O–H groups in total. The quantitative estimate of drug-likeness (QED) is 0.138. The Labute approximate surface area is 386 Å². The molecule has 0 aliphatic carbocycles. The van der Waals surface area contributed by atoms with Crippen molar-refractivity contribution >= 4 is 0 Å². The summed E-state index contributed by atoms with van der Waals surface area (Å²) in [6.45, 7) is 0. The topological polar surface area (TPSA) is 38.7 Å². The SMILES string of the molecule is c1ccc(-c2cccc(-c3nc(-c4ccc(-c5cc(-c6ccccc6)c(-c6ccccc6)c(-c6ccccc6)c5-c5ccccc5)cc4)nc(-c4cccc(-c5ccccc5)c4)n3)c2)cc1. The van der Waals surface area contributed by atoms with Crippen molar-refractivity contribution in [3.8, 4) is 112 Å². The van der Waals surface area contributed by atoms with Crippen LogP contribution >= 0.6 is 0 Å². The Kier molecular flexibility index (Phi) is 11.0. The van der Waals surface area contributed by atoms with Crippen LogP contribution in [0.3, 0.4) is 0 Å². The predicted molar refractivity (Wildman–Crippen MR) is 274 cm³/mol. The van der Waals surface area contributed by atoms with Gasteiger partial charge in [0.15, 0.2) is 17.5 Å². The summed E-state index contributed by atoms with van der Waals surface area (Å²) in [6.07, 6.45) is 0. The van der Waals surface area contributed by atoms with Gasteiger partial charge in [0.05, 0.1) is 0 Å². The summed E-state index contributed by atoms with van der Waals surface area (Å²) >= 11 is 0. The summed E-state index contributed by atoms with van der Waals surface area (Å²) in [5, 5.41) is 0. The molecule has 3 heteroatoms. The van der Waals surface area contributed by atoms with E-state index in [1.807, 2.05) is 12.1 Å². The average Bonchev–Trinajstić information content (AvgIpc) is 3.42. The van der Waals surface area contributed by atoms with Crippen LogP contribution in [0.1, 0.15) is 0 Å². The maximum Gasteiger partial charge on any atom is 0.164 e. The average molecular weight is 842 g/mol. The van der Waals surface area contributed by atoms with Gasteiger partial charge in [0.1, 0.15) is 0 Å². The summed E-state index contributed by atoms with van der Waals surface area (Å²) in [4.78, 5) is 15.6. The number of nitrogens with zero attached hydrogens (tertiary/aromatic N) is 3. The van der Waals surface area contributed by atoms with E-state index in [1.54, 1.807) is 0 Å². The lowest BCUT2D eigenvalue weighted by Crippen LogP contribution is -2.01. The molecule has 10 aromatic carbocycles. The first-order chi connectivity index (χ1) is 32.7. The van der Waals surface area contributed by atoms with Crippen LogP contribution < -0.4 is 0 Å². The Hall–Kier alpha value is -8.79. The fraction of sp³-hybridized carbons (Fsp3) is 0. The van der Waals surface area contributed by atoms with Gasteiger partial charge in [-0.05, 0) is 96.1 Å². The number of rotatable bonds is 10. The fourth-order valence-corrected chi connectivity index (χ4v) is 8.96. The standard InChI is InChI=1S/C63H43N3/c1-7-21-44(22-8-1)52-33-19-35-54(41-52)62-64-61(65-63(66-62)55-36-20-34-53(42-55)45-23-9-2-10-24-45)51-39-37-47(38-40-51)57-43-56(46-25-11-3-12-26-46)58(48-27-13-4-14-28-48)60(50-31-17-6-18-32-50)59(57)49-29-15-5-16-30-49/h1-43H. The van der Waals surface area contributed by atoms with E-state index in [-0.39, 0.29) is 0 Å². The summed E-state index contributed by atoms with van der Waals surface area (Å²) in [7, 11) is 0. The van der Waals surface area contributed by atoms with Crippen LogP contribution in [0.25, 0.3) is 112 Å². The molecular weight excluding hydrogens is 799 g/mol. The first-order valence-electron chi connectivity index (χ1n) is 22.3. The molecule has 0 atom stereocenters. The van der Waals surface area contributed by atoms with E-state index in [9.17, 15) is 0 Å². The van der Waals surface area contributed by atoms with Crippen molar-refractivity contribution in [3.05, 3.63) is 261 Å². The monoisotopic (exact) mass is 841 g/mol. The molecule has 1 aromatic heterocycles. The highest BCUT2D eigenvalue weighted by atomic mass is 15.0. The van der Waals surface area contributed by atoms with Crippen LogP contribution in [-0.4, -0.2) is 15.0 Å². The molecule has 310 valence electrons. The molecule has 11 aromatic rings. The normalized spacial score (nSPS) is 11.0. The molecule has 0 aliphatic heterocycles. The largest absolute Gasteiger partial charge is 0.208 e. The van der Waals surface area contributed by atoms with Crippen LogP contribution in [0.4, 0.5) is 0 Å². The lowest BCUT2D eigenvalue weighted by molar-refractivity contribution is 1.07. The molecule has 0 saturated heterocycles. The first-order valence-corrected chi connectivity index (χ1v) is 22.3. The van der Waals surface area contributed by atoms with Gasteiger partial charge < -0.3 is 0 Å². The molecule has 0 saturated carbocycles. The molecule has 1 heterocycles. The van der Waals surface area contributed by atoms with E-state index >= 15 is 0 Å². The zero-order valence-electron chi connectivity index (χ0n) is 36.2. The van der Waals surface area contributed by atoms with Gasteiger partial charge in [-0.2, -0.15) is 0 Å². The number of hydrogen-bond acceptors (Lipinski definition) is 3. The Morgan fingerprint density at radius 2 is 0.439 bits per heavy atom. The molecule has 11 rings (SSSR count). The molecular formula is C63H43N3. The molecule has 0 unspecified atom stereocenters. The van der Waals surface area contributed by atoms with E-state index in [2.05, 4.69) is 249 Å². The zero-order valence-corrected chi connectivity index (χ0v) is 36.2. The second-order valence-corrected chi connectivity index (χ2v) is 16.3. The van der Waals surface area contributed by atoms with Crippen LogP contribution in [0.15, 0.2) is 261 Å². The number of benzene rings is 10. The number of aromatic nitrogens is 3. The van der Waals surface area contributed by atoms with E-state index in [1.165, 1.54) is 27.8 Å². The van der Waals surface area contributed by atoms with Crippen molar-refractivity contribution in [1.82, 2.24) is 15.0 Å². The number of hydrogen-bond donors (Lipinski definition) is 0. The fourth-order valence-electron chi connectivity index (χ4n) is 8.96. The second kappa shape index (κ2) is 18.1. The van der Waals surface area contributed by atoms with Crippen molar-refractivity contribution in [1.29, 1.82) is 0 Å². The smallest absolute Gasteiger partial charge is 0.164 e. The van der Waals surface area contributed by atoms with Gasteiger partial charge in [0.25, 0.3) is 0 Å². The van der Waals surface area contributed by atoms with Crippen molar-refractivity contribution < 1.29 is 0 Å². The minimum absolute atomic E-state index is 0.606. The zero-order chi connectivity index (χ0) is 44.1. The van der Waals surface area contributed by atoms with Crippen LogP contribution in [-0.2, 0) is 0 Å². The van der Waals surface area contributed by atoms with Crippen LogP contribution in [0, 0.1) is 0 Å². The maximum atomic E-state index is 5.21. The highest BCUT2D eigenvalue weighted by Crippen LogP contribution is 2.50. The van der Waals surface area contributed by atoms with E-state index in [4.69, 9.17) is 15.0 Å². The van der Waals surface area contributed by atoms with E-state index in [0.717, 1.165) is 66.8 Å². The first kappa shape index (κ1) is 40.0. The lowest BCUT2D eigenvalue weighted by atomic mass is 9.79. The molecule has 0 spiro atoms. The highest BCUT2D eigenvalue weighted by molar-refractivity contribution is 6.07. The Bertz CT molecular complexity index is 3310. The van der Waals surface area contributed by atoms with Crippen LogP contribution in [0.2, 0.25) is 0 Å². The highest BCUT2D eigenvalue weighted by Gasteiger charge is 2.24. The molecule has 0 amide bonds. The summed E-state index contributed by atoms with van der Waals surface area (Å²) in [5.74, 6) is 1.84. The Balaban J connectivity index is 1.10. The van der Waals surface area contributed by atoms with E-state index < -0.39 is 0 Å². The second-order valence-electron chi connectivity index (χ2n) is 16.3. The third kappa shape index (κ3) is 8.14. The third-order valence-electron chi connectivity index (χ3n) is 12.1. The molecule has 3 nitrogen and oxygen atoms in total. The van der Waals surface area contributed by atoms with Gasteiger partial charge in [0.2, 0.25) is 0 Å². The van der Waals surface area contributed by atoms with Crippen molar-refractivity contribution in [2.24, 2.45) is 0 Å². The summed E-state index contributed by atoms with van der Waals surface area (Å²) in [5.41, 5.74) is 18.8. The summed E-state index contributed by atoms with van der Waals surface area (Å²) < 4.78 is 0. The van der Waals surface area contributed by atoms with Gasteiger partial charge >= 0.3 is 0 Å². The minimum Gasteiger partial charge on any atom is -0.208 e. The molecule has 66 heavy (non-hydrogen) atoms. The van der Waals surface area contributed by atoms with Gasteiger partial charge in [-0.3, -0.25) is 0 Å². The lowest BCUT2D eigenvalue weighted by Gasteiger charge is -2.24. The van der Waals surface area contributed by atoms with Gasteiger partial charge in [-0.25, -0.2) is 15.0 Å². The Morgan fingerprint density at radius 3 is 0.833 bits per heavy atom. The van der Waals surface area contributed by atoms with Crippen molar-refractivity contribution in [2.75, 3.05) is 0 Å². The third-order valence-corrected chi connectivity index (χ3v) is 12.1. The molecule has 0 aliphatic rings. The minimum atomic E-state index is 0.606. The van der Waals surface area contributed by atoms with Gasteiger partial charge in [-0.15, -0.1) is 0 Å². The van der Waals surface area contributed by atoms with Crippen molar-refractivity contribution in [2.45, 2.75) is 0 Å². The van der Waals surface area contributed by atoms with Gasteiger partial charge in [0, 0.05) is 16.7 Å². The predicted octanol–water partition coefficient (Wildman–Crippen LogP) is 16.5. The molecule has 0 radical (unpaired) electrons. The van der Waals surface area contributed by atoms with Gasteiger partial charge in [-0.1, -0.05) is 243 Å². The Morgan fingerprint density at radius 1 is 0.167 bits per heavy atom. The molecule has 0 fully saturated rings. The van der Waals surface area contributed by atoms with Crippen LogP contribution in [0.5, 0.6) is 0 Å². The van der Waals surface area contributed by atoms with Crippen molar-refractivity contribution in [3.63, 3.8) is 0 Å². The molecule has 0 bridgehead atoms. The summed E-state index contributed by atoms with van der Waals surface area (Å²) in [6, 6.07) is 92.1. The maximum absolute atomic E-state index is 5.21. The van der Waals surface area contributed by atoms with E-state index in [0.29, 0.717) is 17.5 Å².